The van der Waals surface area contributed by atoms with Crippen LogP contribution in [0, 0.1) is 6.92 Å². The summed E-state index contributed by atoms with van der Waals surface area (Å²) in [6.07, 6.45) is 3.58. The molecule has 0 amide bonds. The first kappa shape index (κ1) is 14.5. The fraction of sp³-hybridized carbons (Fsp3) is 0.500. The van der Waals surface area contributed by atoms with Crippen LogP contribution in [0.25, 0.3) is 11.4 Å². The molecule has 6 nitrogen and oxygen atoms in total. The number of halogens is 1. The fourth-order valence-corrected chi connectivity index (χ4v) is 3.07. The molecule has 1 aliphatic rings. The zero-order valence-corrected chi connectivity index (χ0v) is 13.5. The number of nitrogens with zero attached hydrogens (tertiary/aromatic N) is 4. The van der Waals surface area contributed by atoms with Crippen LogP contribution < -0.4 is 5.73 Å². The van der Waals surface area contributed by atoms with Crippen LogP contribution in [0.5, 0.6) is 0 Å². The summed E-state index contributed by atoms with van der Waals surface area (Å²) in [6.45, 7) is 3.48. The van der Waals surface area contributed by atoms with E-state index < -0.39 is 0 Å². The van der Waals surface area contributed by atoms with Crippen molar-refractivity contribution >= 4 is 21.6 Å². The van der Waals surface area contributed by atoms with Crippen molar-refractivity contribution in [2.45, 2.75) is 38.8 Å². The Balaban J connectivity index is 1.91. The van der Waals surface area contributed by atoms with Crippen LogP contribution in [0.15, 0.2) is 16.6 Å². The van der Waals surface area contributed by atoms with Crippen LogP contribution in [-0.4, -0.2) is 32.9 Å². The van der Waals surface area contributed by atoms with Crippen LogP contribution >= 0.6 is 15.9 Å². The van der Waals surface area contributed by atoms with Crippen LogP contribution in [0.2, 0.25) is 0 Å². The number of ether oxygens (including phenoxy) is 1. The smallest absolute Gasteiger partial charge is 0.182 e. The highest BCUT2D eigenvalue weighted by Crippen LogP contribution is 2.30. The first-order valence-electron chi connectivity index (χ1n) is 7.09. The predicted octanol–water partition coefficient (Wildman–Crippen LogP) is 2.56. The highest BCUT2D eigenvalue weighted by Gasteiger charge is 2.19. The van der Waals surface area contributed by atoms with Gasteiger partial charge in [-0.05, 0) is 54.3 Å². The van der Waals surface area contributed by atoms with Gasteiger partial charge in [0.25, 0.3) is 0 Å². The third kappa shape index (κ3) is 3.08. The number of anilines is 1. The molecular formula is C14H18BrN5O. The van der Waals surface area contributed by atoms with Crippen molar-refractivity contribution in [2.24, 2.45) is 0 Å². The molecule has 7 heteroatoms. The number of hydrogen-bond donors (Lipinski definition) is 1. The molecule has 112 valence electrons. The molecule has 1 saturated heterocycles. The monoisotopic (exact) mass is 351 g/mol. The van der Waals surface area contributed by atoms with E-state index in [-0.39, 0.29) is 6.10 Å². The fourth-order valence-electron chi connectivity index (χ4n) is 2.60. The molecule has 1 atom stereocenters. The Labute approximate surface area is 131 Å². The summed E-state index contributed by atoms with van der Waals surface area (Å²) in [5, 5.41) is 12.1. The Morgan fingerprint density at radius 2 is 2.29 bits per heavy atom. The SMILES string of the molecule is Cc1c(N)cc(Br)cc1-c1nnnn1CC1CCCCO1. The van der Waals surface area contributed by atoms with Gasteiger partial charge in [0.2, 0.25) is 0 Å². The van der Waals surface area contributed by atoms with E-state index in [9.17, 15) is 0 Å². The minimum absolute atomic E-state index is 0.186. The summed E-state index contributed by atoms with van der Waals surface area (Å²) in [7, 11) is 0. The van der Waals surface area contributed by atoms with Crippen molar-refractivity contribution in [3.05, 3.63) is 22.2 Å². The van der Waals surface area contributed by atoms with Gasteiger partial charge in [-0.3, -0.25) is 0 Å². The minimum Gasteiger partial charge on any atom is -0.398 e. The van der Waals surface area contributed by atoms with Crippen molar-refractivity contribution in [3.8, 4) is 11.4 Å². The van der Waals surface area contributed by atoms with Crippen LogP contribution in [0.1, 0.15) is 24.8 Å². The topological polar surface area (TPSA) is 78.9 Å². The standard InChI is InChI=1S/C14H18BrN5O/c1-9-12(6-10(15)7-13(9)16)14-17-18-19-20(14)8-11-4-2-3-5-21-11/h6-7,11H,2-5,8,16H2,1H3. The van der Waals surface area contributed by atoms with Crippen molar-refractivity contribution in [2.75, 3.05) is 12.3 Å². The average molecular weight is 352 g/mol. The van der Waals surface area contributed by atoms with Crippen molar-refractivity contribution < 1.29 is 4.74 Å². The van der Waals surface area contributed by atoms with E-state index in [1.54, 1.807) is 0 Å². The van der Waals surface area contributed by atoms with E-state index in [0.29, 0.717) is 6.54 Å². The van der Waals surface area contributed by atoms with Crippen molar-refractivity contribution in [3.63, 3.8) is 0 Å². The van der Waals surface area contributed by atoms with Crippen LogP contribution in [-0.2, 0) is 11.3 Å². The van der Waals surface area contributed by atoms with Crippen LogP contribution in [0.3, 0.4) is 0 Å². The normalized spacial score (nSPS) is 18.9. The number of nitrogens with two attached hydrogens (primary N) is 1. The van der Waals surface area contributed by atoms with E-state index in [0.717, 1.165) is 46.6 Å². The lowest BCUT2D eigenvalue weighted by Crippen LogP contribution is -2.25. The number of hydrogen-bond acceptors (Lipinski definition) is 5. The zero-order chi connectivity index (χ0) is 14.8. The van der Waals surface area contributed by atoms with Gasteiger partial charge in [0, 0.05) is 22.3 Å². The lowest BCUT2D eigenvalue weighted by atomic mass is 10.1. The summed E-state index contributed by atoms with van der Waals surface area (Å²) < 4.78 is 8.50. The van der Waals surface area contributed by atoms with Gasteiger partial charge in [-0.2, -0.15) is 0 Å². The van der Waals surface area contributed by atoms with Gasteiger partial charge in [-0.25, -0.2) is 4.68 Å². The Kier molecular flexibility index (Phi) is 4.21. The molecule has 1 aliphatic heterocycles. The molecule has 2 heterocycles. The maximum absolute atomic E-state index is 6.03. The Morgan fingerprint density at radius 3 is 3.05 bits per heavy atom. The van der Waals surface area contributed by atoms with Gasteiger partial charge in [-0.1, -0.05) is 15.9 Å². The van der Waals surface area contributed by atoms with Gasteiger partial charge in [0.05, 0.1) is 12.6 Å². The van der Waals surface area contributed by atoms with E-state index in [2.05, 4.69) is 31.5 Å². The largest absolute Gasteiger partial charge is 0.398 e. The second-order valence-corrected chi connectivity index (χ2v) is 6.26. The number of benzene rings is 1. The third-order valence-electron chi connectivity index (χ3n) is 3.84. The molecule has 0 bridgehead atoms. The van der Waals surface area contributed by atoms with Gasteiger partial charge in [0.15, 0.2) is 5.82 Å². The van der Waals surface area contributed by atoms with E-state index in [4.69, 9.17) is 10.5 Å². The van der Waals surface area contributed by atoms with Gasteiger partial charge in [-0.15, -0.1) is 5.10 Å². The lowest BCUT2D eigenvalue weighted by molar-refractivity contribution is 0.00397. The highest BCUT2D eigenvalue weighted by atomic mass is 79.9. The van der Waals surface area contributed by atoms with Gasteiger partial charge in [0.1, 0.15) is 0 Å². The van der Waals surface area contributed by atoms with Gasteiger partial charge >= 0.3 is 0 Å². The average Bonchev–Trinajstić information content (AvgIpc) is 2.92. The summed E-state index contributed by atoms with van der Waals surface area (Å²) in [6, 6.07) is 3.88. The first-order chi connectivity index (χ1) is 10.1. The second kappa shape index (κ2) is 6.11. The lowest BCUT2D eigenvalue weighted by Gasteiger charge is -2.22. The molecule has 0 aliphatic carbocycles. The molecule has 3 rings (SSSR count). The van der Waals surface area contributed by atoms with Crippen molar-refractivity contribution in [1.82, 2.24) is 20.2 Å². The molecule has 0 saturated carbocycles. The third-order valence-corrected chi connectivity index (χ3v) is 4.29. The number of nitrogen functional groups attached to an aromatic ring is 1. The van der Waals surface area contributed by atoms with Crippen LogP contribution in [0.4, 0.5) is 5.69 Å². The Morgan fingerprint density at radius 1 is 1.43 bits per heavy atom. The van der Waals surface area contributed by atoms with Crippen molar-refractivity contribution in [1.29, 1.82) is 0 Å². The molecular weight excluding hydrogens is 334 g/mol. The summed E-state index contributed by atoms with van der Waals surface area (Å²) >= 11 is 3.47. The molecule has 2 N–H and O–H groups in total. The highest BCUT2D eigenvalue weighted by molar-refractivity contribution is 9.10. The van der Waals surface area contributed by atoms with Gasteiger partial charge < -0.3 is 10.5 Å². The molecule has 1 unspecified atom stereocenters. The number of aromatic nitrogens is 4. The maximum Gasteiger partial charge on any atom is 0.182 e. The van der Waals surface area contributed by atoms with E-state index >= 15 is 0 Å². The molecule has 0 radical (unpaired) electrons. The van der Waals surface area contributed by atoms with E-state index in [1.165, 1.54) is 6.42 Å². The summed E-state index contributed by atoms with van der Waals surface area (Å²) in [5.74, 6) is 0.731. The molecule has 1 aromatic heterocycles. The number of tetrazole rings is 1. The maximum atomic E-state index is 6.03. The minimum atomic E-state index is 0.186. The molecule has 1 aromatic carbocycles. The first-order valence-corrected chi connectivity index (χ1v) is 7.88. The Hall–Kier alpha value is -1.47. The molecule has 1 fully saturated rings. The summed E-state index contributed by atoms with van der Waals surface area (Å²) in [5.41, 5.74) is 8.69. The molecule has 21 heavy (non-hydrogen) atoms. The second-order valence-electron chi connectivity index (χ2n) is 5.34. The predicted molar refractivity (Wildman–Crippen MR) is 83.7 cm³/mol. The Bertz CT molecular complexity index is 636. The zero-order valence-electron chi connectivity index (χ0n) is 11.9. The molecule has 2 aromatic rings. The molecule has 0 spiro atoms. The number of rotatable bonds is 3. The van der Waals surface area contributed by atoms with E-state index in [1.807, 2.05) is 23.7 Å². The quantitative estimate of drug-likeness (QED) is 0.859. The summed E-state index contributed by atoms with van der Waals surface area (Å²) in [4.78, 5) is 0.